The van der Waals surface area contributed by atoms with Gasteiger partial charge in [-0.3, -0.25) is 18.6 Å². The zero-order chi connectivity index (χ0) is 40.5. The number of rotatable bonds is 40. The maximum atomic E-state index is 12.6. The van der Waals surface area contributed by atoms with E-state index in [0.29, 0.717) is 12.8 Å². The molecule has 0 aromatic rings. The average molecular weight is 799 g/mol. The summed E-state index contributed by atoms with van der Waals surface area (Å²) in [4.78, 5) is 34.9. The monoisotopic (exact) mass is 799 g/mol. The Balaban J connectivity index is 4.38. The third-order valence-electron chi connectivity index (χ3n) is 8.97. The zero-order valence-electron chi connectivity index (χ0n) is 34.6. The van der Waals surface area contributed by atoms with Gasteiger partial charge in [-0.15, -0.1) is 0 Å². The number of hydrogen-bond acceptors (Lipinski definition) is 9. The van der Waals surface area contributed by atoms with Crippen molar-refractivity contribution in [3.05, 3.63) is 48.6 Å². The van der Waals surface area contributed by atoms with Crippen LogP contribution in [-0.4, -0.2) is 65.7 Å². The van der Waals surface area contributed by atoms with Crippen LogP contribution in [0.5, 0.6) is 0 Å². The van der Waals surface area contributed by atoms with Gasteiger partial charge in [-0.1, -0.05) is 152 Å². The number of allylic oxidation sites excluding steroid dienone is 8. The molecule has 0 saturated heterocycles. The molecular weight excluding hydrogens is 719 g/mol. The molecule has 0 aromatic heterocycles. The number of carbonyl (C=O) groups is 2. The molecule has 0 heterocycles. The molecule has 0 aromatic carbocycles. The van der Waals surface area contributed by atoms with E-state index in [2.05, 4.69) is 60.9 Å². The first kappa shape index (κ1) is 52.9. The van der Waals surface area contributed by atoms with E-state index in [9.17, 15) is 24.2 Å². The number of unbranched alkanes of at least 4 members (excludes halogenated alkanes) is 18. The van der Waals surface area contributed by atoms with Gasteiger partial charge in [0, 0.05) is 12.8 Å². The fraction of sp³-hybridized carbons (Fsp3) is 0.773. The molecule has 3 N–H and O–H groups in total. The van der Waals surface area contributed by atoms with Crippen LogP contribution in [0.4, 0.5) is 0 Å². The Hall–Kier alpha value is -2.07. The molecule has 0 radical (unpaired) electrons. The first-order valence-electron chi connectivity index (χ1n) is 21.6. The summed E-state index contributed by atoms with van der Waals surface area (Å²) in [6, 6.07) is 0. The summed E-state index contributed by atoms with van der Waals surface area (Å²) in [5, 5.41) is 18.3. The molecule has 3 atom stereocenters. The number of phosphoric ester groups is 1. The van der Waals surface area contributed by atoms with Gasteiger partial charge in [0.1, 0.15) is 12.7 Å². The van der Waals surface area contributed by atoms with Gasteiger partial charge in [0.15, 0.2) is 6.10 Å². The Morgan fingerprint density at radius 3 is 1.55 bits per heavy atom. The summed E-state index contributed by atoms with van der Waals surface area (Å²) in [5.41, 5.74) is 0. The van der Waals surface area contributed by atoms with Crippen molar-refractivity contribution in [1.82, 2.24) is 0 Å². The van der Waals surface area contributed by atoms with Gasteiger partial charge in [0.05, 0.1) is 19.8 Å². The first-order chi connectivity index (χ1) is 26.7. The maximum absolute atomic E-state index is 12.6. The van der Waals surface area contributed by atoms with Crippen LogP contribution in [0.25, 0.3) is 0 Å². The van der Waals surface area contributed by atoms with E-state index in [1.165, 1.54) is 89.9 Å². The van der Waals surface area contributed by atoms with Gasteiger partial charge < -0.3 is 24.6 Å². The zero-order valence-corrected chi connectivity index (χ0v) is 35.5. The lowest BCUT2D eigenvalue weighted by Gasteiger charge is -2.20. The van der Waals surface area contributed by atoms with Gasteiger partial charge in [-0.05, 0) is 64.2 Å². The van der Waals surface area contributed by atoms with Crippen molar-refractivity contribution in [2.45, 2.75) is 193 Å². The summed E-state index contributed by atoms with van der Waals surface area (Å²) in [6.07, 6.45) is 42.3. The normalized spacial score (nSPS) is 14.3. The van der Waals surface area contributed by atoms with Gasteiger partial charge in [0.2, 0.25) is 0 Å². The fourth-order valence-corrected chi connectivity index (χ4v) is 6.39. The second-order valence-corrected chi connectivity index (χ2v) is 15.8. The van der Waals surface area contributed by atoms with Gasteiger partial charge in [-0.25, -0.2) is 4.57 Å². The highest BCUT2D eigenvalue weighted by molar-refractivity contribution is 7.47. The fourth-order valence-electron chi connectivity index (χ4n) is 5.60. The Kier molecular flexibility index (Phi) is 38.6. The molecule has 0 aliphatic rings. The number of phosphoric acid groups is 1. The van der Waals surface area contributed by atoms with Crippen molar-refractivity contribution in [3.8, 4) is 0 Å². The number of esters is 2. The number of hydrogen-bond donors (Lipinski definition) is 3. The molecule has 0 fully saturated rings. The van der Waals surface area contributed by atoms with Crippen molar-refractivity contribution >= 4 is 19.8 Å². The van der Waals surface area contributed by atoms with Crippen molar-refractivity contribution < 1.29 is 47.8 Å². The topological polar surface area (TPSA) is 149 Å². The van der Waals surface area contributed by atoms with Gasteiger partial charge in [-0.2, -0.15) is 0 Å². The lowest BCUT2D eigenvalue weighted by atomic mass is 10.1. The molecule has 0 bridgehead atoms. The number of aliphatic hydroxyl groups excluding tert-OH is 2. The predicted molar refractivity (Wildman–Crippen MR) is 224 cm³/mol. The summed E-state index contributed by atoms with van der Waals surface area (Å²) >= 11 is 0. The number of aliphatic hydroxyl groups is 2. The first-order valence-corrected chi connectivity index (χ1v) is 23.1. The van der Waals surface area contributed by atoms with E-state index in [1.54, 1.807) is 0 Å². The number of ether oxygens (including phenoxy) is 2. The molecule has 0 aliphatic heterocycles. The highest BCUT2D eigenvalue weighted by Crippen LogP contribution is 2.43. The van der Waals surface area contributed by atoms with Gasteiger partial charge in [0.25, 0.3) is 0 Å². The van der Waals surface area contributed by atoms with Crippen LogP contribution in [-0.2, 0) is 32.7 Å². The molecule has 320 valence electrons. The Labute approximate surface area is 334 Å². The third-order valence-corrected chi connectivity index (χ3v) is 9.92. The molecule has 11 heteroatoms. The SMILES string of the molecule is CCCCC/C=C/C/C=C/C/C=C/CCCCCCC(=O)OC[C@H](COP(=O)(O)OC[C@@H](O)CO)OC(=O)CC/C=C/CCCCCCCCCCCCC. The van der Waals surface area contributed by atoms with E-state index in [1.807, 2.05) is 6.08 Å². The van der Waals surface area contributed by atoms with Crippen molar-refractivity contribution in [2.24, 2.45) is 0 Å². The minimum Gasteiger partial charge on any atom is -0.462 e. The molecule has 1 unspecified atom stereocenters. The molecule has 0 rings (SSSR count). The number of carbonyl (C=O) groups excluding carboxylic acids is 2. The van der Waals surface area contributed by atoms with E-state index in [-0.39, 0.29) is 19.4 Å². The smallest absolute Gasteiger partial charge is 0.462 e. The van der Waals surface area contributed by atoms with Crippen LogP contribution in [0.2, 0.25) is 0 Å². The molecule has 0 aliphatic carbocycles. The standard InChI is InChI=1S/C44H79O10P/c1-3-5-7-9-11-13-15-17-19-20-22-23-25-27-29-31-33-35-43(47)51-39-42(40-53-55(49,50)52-38-41(46)37-45)54-44(48)36-34-32-30-28-26-24-21-18-16-14-12-10-8-6-4-2/h11,13,17,19,22-23,30,32,41-42,45-46H,3-10,12,14-16,18,20-21,24-29,31,33-40H2,1-2H3,(H,49,50)/b13-11+,19-17+,23-22+,32-30+/t41-,42+/m0/s1. The second kappa shape index (κ2) is 40.1. The minimum absolute atomic E-state index is 0.0952. The quantitative estimate of drug-likeness (QED) is 0.0237. The van der Waals surface area contributed by atoms with Crippen LogP contribution in [0.15, 0.2) is 48.6 Å². The summed E-state index contributed by atoms with van der Waals surface area (Å²) in [5.74, 6) is -1.01. The second-order valence-electron chi connectivity index (χ2n) is 14.4. The van der Waals surface area contributed by atoms with Crippen LogP contribution in [0, 0.1) is 0 Å². The van der Waals surface area contributed by atoms with Gasteiger partial charge >= 0.3 is 19.8 Å². The molecule has 0 saturated carbocycles. The minimum atomic E-state index is -4.63. The van der Waals surface area contributed by atoms with Crippen LogP contribution < -0.4 is 0 Å². The average Bonchev–Trinajstić information content (AvgIpc) is 3.17. The third kappa shape index (κ3) is 39.9. The van der Waals surface area contributed by atoms with E-state index in [4.69, 9.17) is 19.1 Å². The Bertz CT molecular complexity index is 1060. The van der Waals surface area contributed by atoms with Crippen LogP contribution in [0.3, 0.4) is 0 Å². The molecule has 10 nitrogen and oxygen atoms in total. The largest absolute Gasteiger partial charge is 0.472 e. The van der Waals surface area contributed by atoms with Crippen molar-refractivity contribution in [2.75, 3.05) is 26.4 Å². The summed E-state index contributed by atoms with van der Waals surface area (Å²) < 4.78 is 32.6. The molecular formula is C44H79O10P. The van der Waals surface area contributed by atoms with E-state index >= 15 is 0 Å². The molecule has 55 heavy (non-hydrogen) atoms. The lowest BCUT2D eigenvalue weighted by molar-refractivity contribution is -0.161. The van der Waals surface area contributed by atoms with Crippen molar-refractivity contribution in [1.29, 1.82) is 0 Å². The highest BCUT2D eigenvalue weighted by Gasteiger charge is 2.27. The predicted octanol–water partition coefficient (Wildman–Crippen LogP) is 11.3. The Morgan fingerprint density at radius 2 is 0.982 bits per heavy atom. The van der Waals surface area contributed by atoms with E-state index in [0.717, 1.165) is 51.4 Å². The maximum Gasteiger partial charge on any atom is 0.472 e. The Morgan fingerprint density at radius 1 is 0.545 bits per heavy atom. The van der Waals surface area contributed by atoms with Crippen molar-refractivity contribution in [3.63, 3.8) is 0 Å². The highest BCUT2D eigenvalue weighted by atomic mass is 31.2. The molecule has 0 amide bonds. The summed E-state index contributed by atoms with van der Waals surface area (Å²) in [7, 11) is -4.63. The van der Waals surface area contributed by atoms with Crippen LogP contribution >= 0.6 is 7.82 Å². The van der Waals surface area contributed by atoms with Crippen LogP contribution in [0.1, 0.15) is 181 Å². The lowest BCUT2D eigenvalue weighted by Crippen LogP contribution is -2.29. The summed E-state index contributed by atoms with van der Waals surface area (Å²) in [6.45, 7) is 2.28. The molecule has 0 spiro atoms. The van der Waals surface area contributed by atoms with E-state index < -0.39 is 51.8 Å².